The highest BCUT2D eigenvalue weighted by molar-refractivity contribution is 5.97. The summed E-state index contributed by atoms with van der Waals surface area (Å²) >= 11 is 0. The van der Waals surface area contributed by atoms with Crippen molar-refractivity contribution in [3.05, 3.63) is 23.8 Å². The van der Waals surface area contributed by atoms with Crippen molar-refractivity contribution in [2.75, 3.05) is 18.6 Å². The highest BCUT2D eigenvalue weighted by atomic mass is 16.5. The van der Waals surface area contributed by atoms with E-state index in [1.165, 1.54) is 0 Å². The number of rotatable bonds is 4. The summed E-state index contributed by atoms with van der Waals surface area (Å²) < 4.78 is 5.33. The van der Waals surface area contributed by atoms with Crippen LogP contribution in [0.2, 0.25) is 0 Å². The van der Waals surface area contributed by atoms with Crippen LogP contribution in [0, 0.1) is 5.92 Å². The van der Waals surface area contributed by atoms with Gasteiger partial charge < -0.3 is 14.7 Å². The van der Waals surface area contributed by atoms with E-state index in [-0.39, 0.29) is 12.5 Å². The third-order valence-electron chi connectivity index (χ3n) is 3.43. The molecule has 0 bridgehead atoms. The van der Waals surface area contributed by atoms with Gasteiger partial charge in [-0.15, -0.1) is 0 Å². The molecule has 0 spiro atoms. The standard InChI is InChI=1S/C14H17NO4/c1-3-10(14(17)18)6-9-4-5-12-11(7-9)15(2)13(16)8-19-12/h4-5,7,10H,3,6,8H2,1-2H3,(H,17,18). The van der Waals surface area contributed by atoms with Crippen LogP contribution in [0.1, 0.15) is 18.9 Å². The molecule has 102 valence electrons. The van der Waals surface area contributed by atoms with E-state index in [4.69, 9.17) is 9.84 Å². The molecule has 0 aromatic heterocycles. The molecule has 0 radical (unpaired) electrons. The van der Waals surface area contributed by atoms with E-state index in [0.717, 1.165) is 5.56 Å². The molecule has 2 rings (SSSR count). The van der Waals surface area contributed by atoms with Crippen molar-refractivity contribution >= 4 is 17.6 Å². The topological polar surface area (TPSA) is 66.8 Å². The molecule has 0 saturated heterocycles. The molecular formula is C14H17NO4. The van der Waals surface area contributed by atoms with Crippen molar-refractivity contribution in [3.63, 3.8) is 0 Å². The zero-order chi connectivity index (χ0) is 14.0. The van der Waals surface area contributed by atoms with Crippen LogP contribution < -0.4 is 9.64 Å². The molecule has 5 heteroatoms. The summed E-state index contributed by atoms with van der Waals surface area (Å²) in [7, 11) is 1.70. The zero-order valence-corrected chi connectivity index (χ0v) is 11.0. The van der Waals surface area contributed by atoms with Crippen LogP contribution in [-0.2, 0) is 16.0 Å². The first kappa shape index (κ1) is 13.4. The third kappa shape index (κ3) is 2.70. The molecule has 0 aliphatic carbocycles. The lowest BCUT2D eigenvalue weighted by atomic mass is 9.96. The monoisotopic (exact) mass is 263 g/mol. The highest BCUT2D eigenvalue weighted by Gasteiger charge is 2.23. The van der Waals surface area contributed by atoms with Gasteiger partial charge in [0.25, 0.3) is 5.91 Å². The van der Waals surface area contributed by atoms with Crippen LogP contribution in [0.5, 0.6) is 5.75 Å². The molecule has 1 atom stereocenters. The number of ether oxygens (including phenoxy) is 1. The number of amides is 1. The average molecular weight is 263 g/mol. The maximum absolute atomic E-state index is 11.6. The Morgan fingerprint density at radius 2 is 2.26 bits per heavy atom. The highest BCUT2D eigenvalue weighted by Crippen LogP contribution is 2.32. The summed E-state index contributed by atoms with van der Waals surface area (Å²) in [4.78, 5) is 24.2. The van der Waals surface area contributed by atoms with E-state index in [2.05, 4.69) is 0 Å². The second-order valence-electron chi connectivity index (χ2n) is 4.69. The first-order valence-electron chi connectivity index (χ1n) is 6.28. The maximum atomic E-state index is 11.6. The SMILES string of the molecule is CCC(Cc1ccc2c(c1)N(C)C(=O)CO2)C(=O)O. The van der Waals surface area contributed by atoms with Crippen LogP contribution in [0.15, 0.2) is 18.2 Å². The summed E-state index contributed by atoms with van der Waals surface area (Å²) in [6, 6.07) is 5.48. The normalized spacial score (nSPS) is 15.7. The van der Waals surface area contributed by atoms with E-state index in [9.17, 15) is 9.59 Å². The number of carboxylic acids is 1. The minimum atomic E-state index is -0.791. The second kappa shape index (κ2) is 5.30. The van der Waals surface area contributed by atoms with Crippen LogP contribution >= 0.6 is 0 Å². The minimum Gasteiger partial charge on any atom is -0.482 e. The lowest BCUT2D eigenvalue weighted by Gasteiger charge is -2.26. The number of carbonyl (C=O) groups is 2. The number of benzene rings is 1. The second-order valence-corrected chi connectivity index (χ2v) is 4.69. The first-order chi connectivity index (χ1) is 9.02. The van der Waals surface area contributed by atoms with Crippen LogP contribution in [0.25, 0.3) is 0 Å². The Bertz CT molecular complexity index is 512. The molecule has 1 amide bonds. The number of carboxylic acid groups (broad SMARTS) is 1. The minimum absolute atomic E-state index is 0.0511. The Hall–Kier alpha value is -2.04. The van der Waals surface area contributed by atoms with Crippen molar-refractivity contribution < 1.29 is 19.4 Å². The van der Waals surface area contributed by atoms with E-state index in [0.29, 0.717) is 24.3 Å². The van der Waals surface area contributed by atoms with Gasteiger partial charge in [-0.05, 0) is 30.5 Å². The van der Waals surface area contributed by atoms with Crippen LogP contribution in [0.4, 0.5) is 5.69 Å². The molecule has 1 unspecified atom stereocenters. The van der Waals surface area contributed by atoms with Gasteiger partial charge in [-0.25, -0.2) is 0 Å². The van der Waals surface area contributed by atoms with Crippen molar-refractivity contribution in [3.8, 4) is 5.75 Å². The predicted molar refractivity (Wildman–Crippen MR) is 70.5 cm³/mol. The van der Waals surface area contributed by atoms with Crippen molar-refractivity contribution in [2.24, 2.45) is 5.92 Å². The van der Waals surface area contributed by atoms with E-state index in [1.54, 1.807) is 18.0 Å². The van der Waals surface area contributed by atoms with Gasteiger partial charge in [-0.2, -0.15) is 0 Å². The smallest absolute Gasteiger partial charge is 0.306 e. The lowest BCUT2D eigenvalue weighted by molar-refractivity contribution is -0.141. The first-order valence-corrected chi connectivity index (χ1v) is 6.28. The Balaban J connectivity index is 2.25. The van der Waals surface area contributed by atoms with Crippen LogP contribution in [-0.4, -0.2) is 30.6 Å². The number of anilines is 1. The number of hydrogen-bond donors (Lipinski definition) is 1. The molecule has 1 aromatic carbocycles. The van der Waals surface area contributed by atoms with Gasteiger partial charge in [0, 0.05) is 7.05 Å². The van der Waals surface area contributed by atoms with E-state index >= 15 is 0 Å². The van der Waals surface area contributed by atoms with Crippen molar-refractivity contribution in [2.45, 2.75) is 19.8 Å². The molecule has 5 nitrogen and oxygen atoms in total. The summed E-state index contributed by atoms with van der Waals surface area (Å²) in [5.41, 5.74) is 1.60. The molecule has 1 heterocycles. The largest absolute Gasteiger partial charge is 0.482 e. The molecule has 0 saturated carbocycles. The fourth-order valence-electron chi connectivity index (χ4n) is 2.14. The van der Waals surface area contributed by atoms with Gasteiger partial charge in [-0.3, -0.25) is 9.59 Å². The molecule has 1 aliphatic heterocycles. The summed E-state index contributed by atoms with van der Waals surface area (Å²) in [6.07, 6.45) is 1.04. The van der Waals surface area contributed by atoms with Gasteiger partial charge in [-0.1, -0.05) is 13.0 Å². The molecule has 0 fully saturated rings. The molecule has 19 heavy (non-hydrogen) atoms. The maximum Gasteiger partial charge on any atom is 0.306 e. The van der Waals surface area contributed by atoms with Crippen LogP contribution in [0.3, 0.4) is 0 Å². The van der Waals surface area contributed by atoms with Gasteiger partial charge in [0.15, 0.2) is 6.61 Å². The third-order valence-corrected chi connectivity index (χ3v) is 3.43. The molecule has 1 aromatic rings. The van der Waals surface area contributed by atoms with Gasteiger partial charge in [0.1, 0.15) is 5.75 Å². The Morgan fingerprint density at radius 1 is 1.53 bits per heavy atom. The number of likely N-dealkylation sites (N-methyl/N-ethyl adjacent to an activating group) is 1. The lowest BCUT2D eigenvalue weighted by Crippen LogP contribution is -2.35. The predicted octanol–water partition coefficient (Wildman–Crippen LogP) is 1.70. The fourth-order valence-corrected chi connectivity index (χ4v) is 2.14. The van der Waals surface area contributed by atoms with E-state index < -0.39 is 11.9 Å². The number of nitrogens with zero attached hydrogens (tertiary/aromatic N) is 1. The Labute approximate surface area is 111 Å². The summed E-state index contributed by atoms with van der Waals surface area (Å²) in [6.45, 7) is 1.91. The Kier molecular flexibility index (Phi) is 3.74. The van der Waals surface area contributed by atoms with Crippen molar-refractivity contribution in [1.82, 2.24) is 0 Å². The van der Waals surface area contributed by atoms with Gasteiger partial charge in [0.05, 0.1) is 11.6 Å². The number of carbonyl (C=O) groups excluding carboxylic acids is 1. The number of aliphatic carboxylic acids is 1. The van der Waals surface area contributed by atoms with Gasteiger partial charge >= 0.3 is 5.97 Å². The number of hydrogen-bond acceptors (Lipinski definition) is 3. The quantitative estimate of drug-likeness (QED) is 0.897. The molecule has 1 aliphatic rings. The Morgan fingerprint density at radius 3 is 2.89 bits per heavy atom. The summed E-state index contributed by atoms with van der Waals surface area (Å²) in [5, 5.41) is 9.08. The molecule has 1 N–H and O–H groups in total. The molecular weight excluding hydrogens is 246 g/mol. The average Bonchev–Trinajstić information content (AvgIpc) is 2.40. The number of fused-ring (bicyclic) bond motifs is 1. The zero-order valence-electron chi connectivity index (χ0n) is 11.0. The summed E-state index contributed by atoms with van der Waals surface area (Å²) in [5.74, 6) is -0.631. The van der Waals surface area contributed by atoms with Gasteiger partial charge in [0.2, 0.25) is 0 Å². The van der Waals surface area contributed by atoms with E-state index in [1.807, 2.05) is 19.1 Å². The fraction of sp³-hybridized carbons (Fsp3) is 0.429. The van der Waals surface area contributed by atoms with Crippen molar-refractivity contribution in [1.29, 1.82) is 0 Å².